The highest BCUT2D eigenvalue weighted by molar-refractivity contribution is 7.89. The normalized spacial score (nSPS) is 22.7. The van der Waals surface area contributed by atoms with E-state index in [2.05, 4.69) is 10.2 Å². The highest BCUT2D eigenvalue weighted by Crippen LogP contribution is 2.39. The van der Waals surface area contributed by atoms with Crippen LogP contribution in [-0.2, 0) is 10.0 Å². The first-order valence-corrected chi connectivity index (χ1v) is 10.2. The molecule has 6 nitrogen and oxygen atoms in total. The minimum absolute atomic E-state index is 0.270. The van der Waals surface area contributed by atoms with E-state index >= 15 is 0 Å². The Morgan fingerprint density at radius 3 is 2.60 bits per heavy atom. The molecule has 4 rings (SSSR count). The van der Waals surface area contributed by atoms with Gasteiger partial charge >= 0.3 is 0 Å². The molecule has 0 spiro atoms. The van der Waals surface area contributed by atoms with Crippen molar-refractivity contribution in [1.82, 2.24) is 19.1 Å². The molecule has 1 saturated heterocycles. The third-order valence-electron chi connectivity index (χ3n) is 5.24. The molecule has 0 radical (unpaired) electrons. The maximum absolute atomic E-state index is 14.1. The average molecular weight is 364 g/mol. The van der Waals surface area contributed by atoms with Crippen LogP contribution in [0.5, 0.6) is 0 Å². The first kappa shape index (κ1) is 16.7. The predicted octanol–water partition coefficient (Wildman–Crippen LogP) is 3.06. The molecule has 1 aromatic heterocycles. The zero-order valence-electron chi connectivity index (χ0n) is 13.9. The van der Waals surface area contributed by atoms with Crippen LogP contribution < -0.4 is 0 Å². The van der Waals surface area contributed by atoms with Crippen LogP contribution in [0, 0.1) is 5.82 Å². The standard InChI is InChI=1S/C17H21FN4O2S/c18-14-8-3-4-10-16(14)25(23,24)22-11-5-9-15(22)17-20-19-12-21(17)13-6-1-2-7-13/h3-4,8,10,12-13,15H,1-2,5-7,9,11H2. The first-order valence-electron chi connectivity index (χ1n) is 8.75. The lowest BCUT2D eigenvalue weighted by atomic mass is 10.2. The van der Waals surface area contributed by atoms with E-state index in [9.17, 15) is 12.8 Å². The second-order valence-corrected chi connectivity index (χ2v) is 8.60. The molecule has 2 fully saturated rings. The van der Waals surface area contributed by atoms with Gasteiger partial charge in [-0.3, -0.25) is 0 Å². The van der Waals surface area contributed by atoms with Crippen molar-refractivity contribution in [3.8, 4) is 0 Å². The van der Waals surface area contributed by atoms with Crippen LogP contribution in [0.15, 0.2) is 35.5 Å². The molecule has 1 aliphatic heterocycles. The maximum Gasteiger partial charge on any atom is 0.246 e. The Kier molecular flexibility index (Phi) is 4.33. The lowest BCUT2D eigenvalue weighted by molar-refractivity contribution is 0.357. The summed E-state index contributed by atoms with van der Waals surface area (Å²) in [5.74, 6) is -0.0327. The Labute approximate surface area is 146 Å². The van der Waals surface area contributed by atoms with Crippen LogP contribution in [0.25, 0.3) is 0 Å². The fourth-order valence-electron chi connectivity index (χ4n) is 4.02. The van der Waals surface area contributed by atoms with E-state index in [1.807, 2.05) is 4.57 Å². The zero-order chi connectivity index (χ0) is 17.4. The molecule has 134 valence electrons. The number of sulfonamides is 1. The van der Waals surface area contributed by atoms with Gasteiger partial charge in [0, 0.05) is 12.6 Å². The smallest absolute Gasteiger partial charge is 0.246 e. The number of hydrogen-bond donors (Lipinski definition) is 0. The summed E-state index contributed by atoms with van der Waals surface area (Å²) in [6.07, 6.45) is 7.59. The van der Waals surface area contributed by atoms with E-state index in [0.717, 1.165) is 19.3 Å². The van der Waals surface area contributed by atoms with E-state index < -0.39 is 15.8 Å². The summed E-state index contributed by atoms with van der Waals surface area (Å²) in [5, 5.41) is 8.27. The molecule has 1 atom stereocenters. The highest BCUT2D eigenvalue weighted by atomic mass is 32.2. The molecule has 0 amide bonds. The fourth-order valence-corrected chi connectivity index (χ4v) is 5.74. The minimum atomic E-state index is -3.91. The summed E-state index contributed by atoms with van der Waals surface area (Å²) in [6, 6.07) is 5.49. The van der Waals surface area contributed by atoms with Crippen molar-refractivity contribution in [1.29, 1.82) is 0 Å². The van der Waals surface area contributed by atoms with Gasteiger partial charge in [0.15, 0.2) is 5.82 Å². The molecule has 2 aromatic rings. The highest BCUT2D eigenvalue weighted by Gasteiger charge is 2.40. The molecule has 0 N–H and O–H groups in total. The van der Waals surface area contributed by atoms with Crippen molar-refractivity contribution in [3.05, 3.63) is 42.2 Å². The Morgan fingerprint density at radius 1 is 1.08 bits per heavy atom. The Bertz CT molecular complexity index is 861. The summed E-state index contributed by atoms with van der Waals surface area (Å²) < 4.78 is 43.6. The van der Waals surface area contributed by atoms with Gasteiger partial charge in [0.1, 0.15) is 17.0 Å². The van der Waals surface area contributed by atoms with Gasteiger partial charge in [-0.2, -0.15) is 4.31 Å². The first-order chi connectivity index (χ1) is 12.1. The topological polar surface area (TPSA) is 68.1 Å². The number of halogens is 1. The van der Waals surface area contributed by atoms with Gasteiger partial charge in [-0.15, -0.1) is 10.2 Å². The SMILES string of the molecule is O=S(=O)(c1ccccc1F)N1CCCC1c1nncn1C1CCCC1. The molecule has 2 aliphatic rings. The molecule has 1 aromatic carbocycles. The fraction of sp³-hybridized carbons (Fsp3) is 0.529. The third kappa shape index (κ3) is 2.87. The van der Waals surface area contributed by atoms with Crippen molar-refractivity contribution in [3.63, 3.8) is 0 Å². The van der Waals surface area contributed by atoms with E-state index in [-0.39, 0.29) is 10.9 Å². The van der Waals surface area contributed by atoms with Crippen LogP contribution in [0.3, 0.4) is 0 Å². The molecule has 2 heterocycles. The summed E-state index contributed by atoms with van der Waals surface area (Å²) in [7, 11) is -3.91. The van der Waals surface area contributed by atoms with Gasteiger partial charge < -0.3 is 4.57 Å². The van der Waals surface area contributed by atoms with Gasteiger partial charge in [0.25, 0.3) is 0 Å². The summed E-state index contributed by atoms with van der Waals surface area (Å²) >= 11 is 0. The van der Waals surface area contributed by atoms with Crippen LogP contribution in [-0.4, -0.2) is 34.0 Å². The van der Waals surface area contributed by atoms with E-state index in [0.29, 0.717) is 24.8 Å². The van der Waals surface area contributed by atoms with Crippen molar-refractivity contribution in [2.24, 2.45) is 0 Å². The molecule has 1 aliphatic carbocycles. The third-order valence-corrected chi connectivity index (χ3v) is 7.19. The van der Waals surface area contributed by atoms with E-state index in [1.54, 1.807) is 12.4 Å². The molecule has 8 heteroatoms. The number of hydrogen-bond acceptors (Lipinski definition) is 4. The van der Waals surface area contributed by atoms with Gasteiger partial charge in [0.2, 0.25) is 10.0 Å². The van der Waals surface area contributed by atoms with Crippen LogP contribution in [0.4, 0.5) is 4.39 Å². The molecular formula is C17H21FN4O2S. The van der Waals surface area contributed by atoms with Crippen LogP contribution in [0.1, 0.15) is 56.4 Å². The van der Waals surface area contributed by atoms with Gasteiger partial charge in [-0.25, -0.2) is 12.8 Å². The van der Waals surface area contributed by atoms with Gasteiger partial charge in [-0.05, 0) is 37.8 Å². The predicted molar refractivity (Wildman–Crippen MR) is 89.8 cm³/mol. The quantitative estimate of drug-likeness (QED) is 0.836. The lowest BCUT2D eigenvalue weighted by Gasteiger charge is -2.25. The van der Waals surface area contributed by atoms with Crippen molar-refractivity contribution in [2.45, 2.75) is 55.5 Å². The van der Waals surface area contributed by atoms with Crippen molar-refractivity contribution in [2.75, 3.05) is 6.54 Å². The molecule has 25 heavy (non-hydrogen) atoms. The number of rotatable bonds is 4. The van der Waals surface area contributed by atoms with E-state index in [1.165, 1.54) is 35.3 Å². The summed E-state index contributed by atoms with van der Waals surface area (Å²) in [6.45, 7) is 0.374. The number of benzene rings is 1. The van der Waals surface area contributed by atoms with Crippen molar-refractivity contribution >= 4 is 10.0 Å². The Balaban J connectivity index is 1.70. The molecule has 1 saturated carbocycles. The number of aromatic nitrogens is 3. The minimum Gasteiger partial charge on any atom is -0.313 e. The molecular weight excluding hydrogens is 343 g/mol. The second-order valence-electron chi connectivity index (χ2n) is 6.74. The second kappa shape index (κ2) is 6.49. The average Bonchev–Trinajstić information content (AvgIpc) is 3.34. The summed E-state index contributed by atoms with van der Waals surface area (Å²) in [4.78, 5) is -0.270. The largest absolute Gasteiger partial charge is 0.313 e. The Hall–Kier alpha value is -1.80. The van der Waals surface area contributed by atoms with Crippen LogP contribution in [0.2, 0.25) is 0 Å². The summed E-state index contributed by atoms with van der Waals surface area (Å²) in [5.41, 5.74) is 0. The molecule has 1 unspecified atom stereocenters. The number of nitrogens with zero attached hydrogens (tertiary/aromatic N) is 4. The monoisotopic (exact) mass is 364 g/mol. The van der Waals surface area contributed by atoms with Gasteiger partial charge in [0.05, 0.1) is 6.04 Å². The van der Waals surface area contributed by atoms with Crippen LogP contribution >= 0.6 is 0 Å². The Morgan fingerprint density at radius 2 is 1.84 bits per heavy atom. The van der Waals surface area contributed by atoms with Crippen molar-refractivity contribution < 1.29 is 12.8 Å². The zero-order valence-corrected chi connectivity index (χ0v) is 14.7. The van der Waals surface area contributed by atoms with E-state index in [4.69, 9.17) is 0 Å². The van der Waals surface area contributed by atoms with Gasteiger partial charge in [-0.1, -0.05) is 25.0 Å². The molecule has 0 bridgehead atoms. The lowest BCUT2D eigenvalue weighted by Crippen LogP contribution is -2.33. The maximum atomic E-state index is 14.1.